The van der Waals surface area contributed by atoms with Crippen LogP contribution >= 0.6 is 39.1 Å². The van der Waals surface area contributed by atoms with Gasteiger partial charge < -0.3 is 0 Å². The Labute approximate surface area is 135 Å². The van der Waals surface area contributed by atoms with Gasteiger partial charge in [-0.2, -0.15) is 0 Å². The monoisotopic (exact) mass is 394 g/mol. The molecule has 0 atom stereocenters. The summed E-state index contributed by atoms with van der Waals surface area (Å²) in [6, 6.07) is 7.94. The SMILES string of the molecule is Cc1ccc(NS(=O)(=O)c2ccc(Cl)nc2Cl)c(Br)c1. The van der Waals surface area contributed by atoms with Crippen LogP contribution in [0.2, 0.25) is 10.3 Å². The summed E-state index contributed by atoms with van der Waals surface area (Å²) in [6.07, 6.45) is 0. The van der Waals surface area contributed by atoms with Crippen molar-refractivity contribution < 1.29 is 8.42 Å². The van der Waals surface area contributed by atoms with Crippen LogP contribution in [0.15, 0.2) is 39.7 Å². The molecule has 0 aliphatic rings. The fourth-order valence-electron chi connectivity index (χ4n) is 1.50. The zero-order valence-electron chi connectivity index (χ0n) is 10.2. The van der Waals surface area contributed by atoms with Crippen molar-refractivity contribution in [3.63, 3.8) is 0 Å². The van der Waals surface area contributed by atoms with Crippen LogP contribution in [0.3, 0.4) is 0 Å². The van der Waals surface area contributed by atoms with Crippen LogP contribution in [0, 0.1) is 6.92 Å². The molecule has 0 fully saturated rings. The van der Waals surface area contributed by atoms with Crippen LogP contribution in [-0.2, 0) is 10.0 Å². The summed E-state index contributed by atoms with van der Waals surface area (Å²) in [5, 5.41) is -0.0429. The topological polar surface area (TPSA) is 59.1 Å². The summed E-state index contributed by atoms with van der Waals surface area (Å²) in [6.45, 7) is 1.91. The first-order valence-electron chi connectivity index (χ1n) is 5.40. The molecule has 0 radical (unpaired) electrons. The molecule has 1 heterocycles. The second-order valence-corrected chi connectivity index (χ2v) is 7.26. The Morgan fingerprint density at radius 1 is 1.20 bits per heavy atom. The quantitative estimate of drug-likeness (QED) is 0.789. The molecule has 4 nitrogen and oxygen atoms in total. The zero-order valence-corrected chi connectivity index (χ0v) is 14.1. The van der Waals surface area contributed by atoms with Gasteiger partial charge in [-0.05, 0) is 52.7 Å². The second kappa shape index (κ2) is 5.89. The molecule has 0 spiro atoms. The minimum Gasteiger partial charge on any atom is -0.278 e. The number of halogens is 3. The predicted octanol–water partition coefficient (Wildman–Crippen LogP) is 4.26. The van der Waals surface area contributed by atoms with Gasteiger partial charge in [0.05, 0.1) is 5.69 Å². The summed E-state index contributed by atoms with van der Waals surface area (Å²) in [4.78, 5) is 3.59. The largest absolute Gasteiger partial charge is 0.278 e. The van der Waals surface area contributed by atoms with E-state index >= 15 is 0 Å². The molecule has 0 aliphatic carbocycles. The molecule has 8 heteroatoms. The molecule has 2 rings (SSSR count). The lowest BCUT2D eigenvalue weighted by Gasteiger charge is -2.11. The Balaban J connectivity index is 2.41. The number of pyridine rings is 1. The fraction of sp³-hybridized carbons (Fsp3) is 0.0833. The van der Waals surface area contributed by atoms with E-state index < -0.39 is 10.0 Å². The number of anilines is 1. The van der Waals surface area contributed by atoms with Crippen molar-refractivity contribution >= 4 is 54.8 Å². The van der Waals surface area contributed by atoms with Crippen molar-refractivity contribution in [3.05, 3.63) is 50.7 Å². The van der Waals surface area contributed by atoms with Gasteiger partial charge in [0, 0.05) is 4.47 Å². The molecule has 0 saturated heterocycles. The van der Waals surface area contributed by atoms with Gasteiger partial charge in [0.25, 0.3) is 10.0 Å². The third-order valence-electron chi connectivity index (χ3n) is 2.44. The number of sulfonamides is 1. The van der Waals surface area contributed by atoms with Crippen molar-refractivity contribution in [2.75, 3.05) is 4.72 Å². The number of benzene rings is 1. The van der Waals surface area contributed by atoms with Crippen LogP contribution in [0.5, 0.6) is 0 Å². The van der Waals surface area contributed by atoms with Crippen molar-refractivity contribution in [1.82, 2.24) is 4.98 Å². The van der Waals surface area contributed by atoms with Gasteiger partial charge >= 0.3 is 0 Å². The van der Waals surface area contributed by atoms with Crippen molar-refractivity contribution in [2.45, 2.75) is 11.8 Å². The zero-order chi connectivity index (χ0) is 14.9. The minimum absolute atomic E-state index is 0.129. The van der Waals surface area contributed by atoms with Crippen LogP contribution in [0.25, 0.3) is 0 Å². The maximum Gasteiger partial charge on any atom is 0.265 e. The van der Waals surface area contributed by atoms with Gasteiger partial charge in [-0.3, -0.25) is 4.72 Å². The summed E-state index contributed by atoms with van der Waals surface area (Å²) in [5.74, 6) is 0. The Morgan fingerprint density at radius 3 is 2.50 bits per heavy atom. The second-order valence-electron chi connectivity index (χ2n) is 4.01. The molecule has 1 aromatic carbocycles. The fourth-order valence-corrected chi connectivity index (χ4v) is 3.97. The third kappa shape index (κ3) is 3.44. The summed E-state index contributed by atoms with van der Waals surface area (Å²) < 4.78 is 27.6. The average molecular weight is 396 g/mol. The van der Waals surface area contributed by atoms with Gasteiger partial charge in [-0.15, -0.1) is 0 Å². The van der Waals surface area contributed by atoms with E-state index in [0.717, 1.165) is 5.56 Å². The van der Waals surface area contributed by atoms with E-state index in [1.807, 2.05) is 6.92 Å². The maximum atomic E-state index is 12.3. The standard InChI is InChI=1S/C12H9BrCl2N2O2S/c1-7-2-3-9(8(13)6-7)17-20(18,19)10-4-5-11(14)16-12(10)15/h2-6,17H,1H3. The Morgan fingerprint density at radius 2 is 1.90 bits per heavy atom. The van der Waals surface area contributed by atoms with Crippen molar-refractivity contribution in [1.29, 1.82) is 0 Å². The van der Waals surface area contributed by atoms with Crippen LogP contribution in [-0.4, -0.2) is 13.4 Å². The molecular weight excluding hydrogens is 387 g/mol. The lowest BCUT2D eigenvalue weighted by molar-refractivity contribution is 0.601. The molecule has 20 heavy (non-hydrogen) atoms. The van der Waals surface area contributed by atoms with Crippen LogP contribution < -0.4 is 4.72 Å². The number of hydrogen-bond donors (Lipinski definition) is 1. The van der Waals surface area contributed by atoms with Gasteiger partial charge in [-0.25, -0.2) is 13.4 Å². The van der Waals surface area contributed by atoms with Gasteiger partial charge in [0.15, 0.2) is 5.15 Å². The molecule has 2 aromatic rings. The van der Waals surface area contributed by atoms with Gasteiger partial charge in [0.1, 0.15) is 10.0 Å². The van der Waals surface area contributed by atoms with E-state index in [9.17, 15) is 8.42 Å². The highest BCUT2D eigenvalue weighted by molar-refractivity contribution is 9.10. The molecule has 0 unspecified atom stereocenters. The van der Waals surface area contributed by atoms with E-state index in [2.05, 4.69) is 25.6 Å². The number of rotatable bonds is 3. The average Bonchev–Trinajstić information content (AvgIpc) is 2.32. The highest BCUT2D eigenvalue weighted by Gasteiger charge is 2.20. The number of aryl methyl sites for hydroxylation is 1. The highest BCUT2D eigenvalue weighted by atomic mass is 79.9. The number of nitrogens with one attached hydrogen (secondary N) is 1. The molecule has 0 amide bonds. The number of hydrogen-bond acceptors (Lipinski definition) is 3. The Bertz CT molecular complexity index is 766. The lowest BCUT2D eigenvalue weighted by Crippen LogP contribution is -2.14. The molecule has 0 saturated carbocycles. The van der Waals surface area contributed by atoms with Crippen LogP contribution in [0.1, 0.15) is 5.56 Å². The minimum atomic E-state index is -3.83. The molecule has 0 bridgehead atoms. The van der Waals surface area contributed by atoms with Gasteiger partial charge in [-0.1, -0.05) is 29.3 Å². The molecule has 1 N–H and O–H groups in total. The smallest absolute Gasteiger partial charge is 0.265 e. The summed E-state index contributed by atoms with van der Waals surface area (Å²) in [7, 11) is -3.83. The normalized spacial score (nSPS) is 11.4. The number of aromatic nitrogens is 1. The summed E-state index contributed by atoms with van der Waals surface area (Å²) in [5.41, 5.74) is 1.42. The van der Waals surface area contributed by atoms with E-state index in [-0.39, 0.29) is 15.2 Å². The van der Waals surface area contributed by atoms with Gasteiger partial charge in [0.2, 0.25) is 0 Å². The highest BCUT2D eigenvalue weighted by Crippen LogP contribution is 2.28. The van der Waals surface area contributed by atoms with E-state index in [0.29, 0.717) is 10.2 Å². The predicted molar refractivity (Wildman–Crippen MR) is 83.9 cm³/mol. The molecule has 1 aromatic heterocycles. The molecular formula is C12H9BrCl2N2O2S. The third-order valence-corrected chi connectivity index (χ3v) is 5.10. The van der Waals surface area contributed by atoms with Crippen molar-refractivity contribution in [3.8, 4) is 0 Å². The van der Waals surface area contributed by atoms with E-state index in [1.54, 1.807) is 18.2 Å². The van der Waals surface area contributed by atoms with E-state index in [1.165, 1.54) is 12.1 Å². The number of nitrogens with zero attached hydrogens (tertiary/aromatic N) is 1. The van der Waals surface area contributed by atoms with Crippen molar-refractivity contribution in [2.24, 2.45) is 0 Å². The Hall–Kier alpha value is -0.820. The molecule has 0 aliphatic heterocycles. The van der Waals surface area contributed by atoms with Crippen LogP contribution in [0.4, 0.5) is 5.69 Å². The maximum absolute atomic E-state index is 12.3. The first-order chi connectivity index (χ1) is 9.29. The molecule has 106 valence electrons. The first-order valence-corrected chi connectivity index (χ1v) is 8.44. The Kier molecular flexibility index (Phi) is 4.59. The van der Waals surface area contributed by atoms with E-state index in [4.69, 9.17) is 23.2 Å². The lowest BCUT2D eigenvalue weighted by atomic mass is 10.2. The summed E-state index contributed by atoms with van der Waals surface area (Å²) >= 11 is 14.8. The first kappa shape index (κ1) is 15.6.